The van der Waals surface area contributed by atoms with Gasteiger partial charge in [0.2, 0.25) is 0 Å². The summed E-state index contributed by atoms with van der Waals surface area (Å²) in [7, 11) is 0. The van der Waals surface area contributed by atoms with Gasteiger partial charge >= 0.3 is 13.7 Å². The van der Waals surface area contributed by atoms with E-state index in [1.165, 1.54) is 136 Å². The van der Waals surface area contributed by atoms with Gasteiger partial charge in [0, 0.05) is 116 Å². The Hall–Kier alpha value is -19.2. The second kappa shape index (κ2) is 28.8. The van der Waals surface area contributed by atoms with Gasteiger partial charge in [0.15, 0.2) is 0 Å². The first-order valence-electron chi connectivity index (χ1n) is 51.0. The number of hydrogen-bond acceptors (Lipinski definition) is 5. The molecule has 0 saturated carbocycles. The first-order valence-corrected chi connectivity index (χ1v) is 51.0. The molecule has 0 bridgehead atoms. The van der Waals surface area contributed by atoms with E-state index in [-0.39, 0.29) is 13.7 Å². The molecule has 0 saturated heterocycles. The van der Waals surface area contributed by atoms with Crippen molar-refractivity contribution in [1.29, 1.82) is 0 Å². The van der Waals surface area contributed by atoms with Crippen molar-refractivity contribution in [1.82, 2.24) is 8.96 Å². The zero-order valence-electron chi connectivity index (χ0n) is 79.0. The molecule has 0 aliphatic carbocycles. The fourth-order valence-corrected chi connectivity index (χ4v) is 27.5. The Bertz CT molecular complexity index is 11400. The summed E-state index contributed by atoms with van der Waals surface area (Å²) >= 11 is 0. The molecule has 9 heteroatoms. The summed E-state index contributed by atoms with van der Waals surface area (Å²) in [5.41, 5.74) is 37.2. The van der Waals surface area contributed by atoms with E-state index in [0.29, 0.717) is 0 Å². The van der Waals surface area contributed by atoms with Gasteiger partial charge in [-0.05, 0) is 313 Å². The van der Waals surface area contributed by atoms with E-state index in [0.717, 1.165) is 205 Å². The molecule has 0 fully saturated rings. The average molecular weight is 1860 g/mol. The molecule has 5 aromatic heterocycles. The molecule has 4 aliphatic rings. The Balaban J connectivity index is 0.617. The first kappa shape index (κ1) is 78.5. The van der Waals surface area contributed by atoms with Crippen molar-refractivity contribution < 1.29 is 13.3 Å². The summed E-state index contributed by atoms with van der Waals surface area (Å²) in [6, 6.07) is 174. The van der Waals surface area contributed by atoms with E-state index < -0.39 is 0 Å². The molecule has 9 heterocycles. The van der Waals surface area contributed by atoms with E-state index in [9.17, 15) is 0 Å². The minimum atomic E-state index is -0.366. The summed E-state index contributed by atoms with van der Waals surface area (Å²) in [5.74, 6) is 0. The highest BCUT2D eigenvalue weighted by atomic mass is 16.3. The summed E-state index contributed by atoms with van der Waals surface area (Å²) in [6.45, 7) is -0.639. The van der Waals surface area contributed by atoms with Crippen LogP contribution >= 0.6 is 0 Å². The van der Waals surface area contributed by atoms with Gasteiger partial charge in [-0.25, -0.2) is 0 Å². The third kappa shape index (κ3) is 10.6. The maximum atomic E-state index is 8.11. The van der Waals surface area contributed by atoms with E-state index >= 15 is 0 Å². The average Bonchev–Trinajstić information content (AvgIpc) is 1.55. The zero-order valence-corrected chi connectivity index (χ0v) is 79.0. The Labute approximate surface area is 840 Å². The van der Waals surface area contributed by atoms with Crippen LogP contribution in [-0.4, -0.2) is 22.7 Å². The molecule has 4 aliphatic heterocycles. The molecule has 26 aromatic carbocycles. The molecule has 0 atom stereocenters. The fourth-order valence-electron chi connectivity index (χ4n) is 27.5. The summed E-state index contributed by atoms with van der Waals surface area (Å²) in [5, 5.41) is 32.6. The molecule has 0 spiro atoms. The molecule has 0 radical (unpaired) electrons. The van der Waals surface area contributed by atoms with Crippen molar-refractivity contribution in [2.45, 2.75) is 0 Å². The fraction of sp³-hybridized carbons (Fsp3) is 0. The van der Waals surface area contributed by atoms with E-state index in [4.69, 9.17) is 13.3 Å². The van der Waals surface area contributed by atoms with Crippen molar-refractivity contribution in [3.8, 4) is 77.9 Å². The Morgan fingerprint density at radius 3 is 1.03 bits per heavy atom. The van der Waals surface area contributed by atoms with Crippen LogP contribution < -0.4 is 31.7 Å². The van der Waals surface area contributed by atoms with Crippen LogP contribution in [-0.2, 0) is 0 Å². The SMILES string of the molecule is c1ccc(-c2cc(-c3ccccc3)cc(N3c4cc5cc6c(cc5cc4B4c5c3cc3ccccc3c5-c3cc5c7ccccc7oc5c5c7ccccc7n4c35)c3ccccc3c3c(-c4ccc5c(c4)oc4c7c8c(cc45)N(c4cc(-c5ccccc5)cc(-c5ccccc5)c4)c4cc5cc9c%10ccccc%10c%10ccccc%10c9cc5cc4B8n4c5ccccc5c5c8oc9ccccc9c8cc-7c54)cccc63)c2)cc1. The standard InChI is InChI=1S/C138H76B2N4O3/c1-5-30-77(31-6-1)83-58-84(78-32-7-2-8-33-78)61-91(60-83)141-120-72-90-67-110-104-51-29-50-93(127(104)103-47-20-19-44-99(103)109(110)65-88(90)68-116(120)139-132-122(141)70-81-38-13-14-39-94(81)128(132)114-74-111-100-45-23-27-54-124(100)145-137(111)130-105-48-21-25-52-118(105)143(139)134(114)130)82-56-57-102-113-76-123-133-129(136(113)147-126(102)73-82)115-75-112-101-46-24-28-55-125(101)146-138(112)131-106-49-22-26-53-119(106)144(135(115)131)140(133)117-69-87-64-107-97-42-17-15-40-95(97)96-41-16-18-43-98(96)108(107)66-89(87)71-121(117)142(123)92-62-85(79-34-9-3-10-35-79)59-86(63-92)80-36-11-4-12-37-80/h1-76H. The minimum absolute atomic E-state index is 0.273. The topological polar surface area (TPSA) is 55.8 Å². The number of rotatable bonds is 7. The quantitative estimate of drug-likeness (QED) is 0.0904. The maximum absolute atomic E-state index is 8.11. The van der Waals surface area contributed by atoms with Gasteiger partial charge in [-0.15, -0.1) is 0 Å². The van der Waals surface area contributed by atoms with E-state index in [1.807, 2.05) is 0 Å². The Morgan fingerprint density at radius 2 is 0.531 bits per heavy atom. The highest BCUT2D eigenvalue weighted by molar-refractivity contribution is 6.92. The number of aromatic nitrogens is 2. The van der Waals surface area contributed by atoms with Crippen LogP contribution in [0.4, 0.5) is 34.1 Å². The summed E-state index contributed by atoms with van der Waals surface area (Å²) < 4.78 is 28.0. The monoisotopic (exact) mass is 1860 g/mol. The van der Waals surface area contributed by atoms with Crippen molar-refractivity contribution in [3.05, 3.63) is 461 Å². The molecule has 0 amide bonds. The van der Waals surface area contributed by atoms with Gasteiger partial charge in [-0.1, -0.05) is 328 Å². The zero-order chi connectivity index (χ0) is 95.1. The molecule has 31 aromatic rings. The van der Waals surface area contributed by atoms with Crippen LogP contribution in [0.2, 0.25) is 0 Å². The van der Waals surface area contributed by atoms with Crippen LogP contribution in [0.1, 0.15) is 0 Å². The van der Waals surface area contributed by atoms with Crippen LogP contribution in [0.5, 0.6) is 0 Å². The van der Waals surface area contributed by atoms with Gasteiger partial charge in [-0.3, -0.25) is 0 Å². The second-order valence-electron chi connectivity index (χ2n) is 41.0. The number of para-hydroxylation sites is 4. The number of furan rings is 3. The normalized spacial score (nSPS) is 13.1. The molecular formula is C138H76B2N4O3. The maximum Gasteiger partial charge on any atom is 0.333 e. The van der Waals surface area contributed by atoms with Crippen LogP contribution in [0.15, 0.2) is 474 Å². The molecular weight excluding hydrogens is 1780 g/mol. The Kier molecular flexibility index (Phi) is 15.4. The Morgan fingerprint density at radius 1 is 0.177 bits per heavy atom. The minimum Gasteiger partial charge on any atom is -0.455 e. The molecule has 0 unspecified atom stereocenters. The lowest BCUT2D eigenvalue weighted by Gasteiger charge is -2.41. The lowest BCUT2D eigenvalue weighted by atomic mass is 9.44. The second-order valence-corrected chi connectivity index (χ2v) is 41.0. The lowest BCUT2D eigenvalue weighted by molar-refractivity contribution is 0.670. The molecule has 7 nitrogen and oxygen atoms in total. The highest BCUT2D eigenvalue weighted by Crippen LogP contribution is 2.58. The van der Waals surface area contributed by atoms with E-state index in [1.54, 1.807) is 0 Å². The van der Waals surface area contributed by atoms with Crippen molar-refractivity contribution in [3.63, 3.8) is 0 Å². The van der Waals surface area contributed by atoms with Crippen LogP contribution in [0, 0.1) is 0 Å². The van der Waals surface area contributed by atoms with Crippen molar-refractivity contribution >= 4 is 276 Å². The van der Waals surface area contributed by atoms with Crippen LogP contribution in [0.25, 0.3) is 284 Å². The molecule has 0 N–H and O–H groups in total. The molecule has 35 rings (SSSR count). The predicted molar refractivity (Wildman–Crippen MR) is 620 cm³/mol. The van der Waals surface area contributed by atoms with E-state index in [2.05, 4.69) is 480 Å². The smallest absolute Gasteiger partial charge is 0.333 e. The van der Waals surface area contributed by atoms with Gasteiger partial charge in [-0.2, -0.15) is 0 Å². The van der Waals surface area contributed by atoms with Gasteiger partial charge < -0.3 is 32.0 Å². The third-order valence-corrected chi connectivity index (χ3v) is 33.5. The number of nitrogens with zero attached hydrogens (tertiary/aromatic N) is 4. The third-order valence-electron chi connectivity index (χ3n) is 33.5. The predicted octanol–water partition coefficient (Wildman–Crippen LogP) is 35.1. The van der Waals surface area contributed by atoms with Gasteiger partial charge in [0.05, 0.1) is 10.8 Å². The first-order chi connectivity index (χ1) is 72.9. The lowest BCUT2D eigenvalue weighted by Crippen LogP contribution is -2.56. The van der Waals surface area contributed by atoms with Crippen molar-refractivity contribution in [2.75, 3.05) is 9.80 Å². The van der Waals surface area contributed by atoms with Gasteiger partial charge in [0.1, 0.15) is 33.5 Å². The van der Waals surface area contributed by atoms with Crippen LogP contribution in [0.3, 0.4) is 0 Å². The molecule has 672 valence electrons. The van der Waals surface area contributed by atoms with Crippen molar-refractivity contribution in [2.24, 2.45) is 0 Å². The highest BCUT2D eigenvalue weighted by Gasteiger charge is 2.48. The largest absolute Gasteiger partial charge is 0.455 e. The summed E-state index contributed by atoms with van der Waals surface area (Å²) in [6.07, 6.45) is 0. The number of hydrogen-bond donors (Lipinski definition) is 0. The molecule has 147 heavy (non-hydrogen) atoms. The van der Waals surface area contributed by atoms with Gasteiger partial charge in [0.25, 0.3) is 0 Å². The number of anilines is 6. The number of benzene rings is 26. The number of fused-ring (bicyclic) bond motifs is 42. The summed E-state index contributed by atoms with van der Waals surface area (Å²) in [4.78, 5) is 5.27.